The fourth-order valence-corrected chi connectivity index (χ4v) is 3.25. The van der Waals surface area contributed by atoms with E-state index in [2.05, 4.69) is 28.6 Å². The van der Waals surface area contributed by atoms with Gasteiger partial charge in [0.2, 0.25) is 0 Å². The third-order valence-corrected chi connectivity index (χ3v) is 4.84. The minimum absolute atomic E-state index is 0.0161. The number of piperazine rings is 1. The number of hydrogen-bond donors (Lipinski definition) is 0. The molecule has 1 aliphatic rings. The zero-order chi connectivity index (χ0) is 18.5. The van der Waals surface area contributed by atoms with Crippen LogP contribution in [0.3, 0.4) is 0 Å². The van der Waals surface area contributed by atoms with Crippen LogP contribution in [0.25, 0.3) is 0 Å². The van der Waals surface area contributed by atoms with E-state index < -0.39 is 0 Å². The van der Waals surface area contributed by atoms with E-state index >= 15 is 0 Å². The molecule has 1 aromatic carbocycles. The Balaban J connectivity index is 1.60. The summed E-state index contributed by atoms with van der Waals surface area (Å²) in [4.78, 5) is 23.3. The molecule has 1 aromatic heterocycles. The van der Waals surface area contributed by atoms with Crippen LogP contribution in [0.4, 0.5) is 15.9 Å². The van der Waals surface area contributed by atoms with E-state index in [4.69, 9.17) is 0 Å². The summed E-state index contributed by atoms with van der Waals surface area (Å²) in [6, 6.07) is 10.3. The van der Waals surface area contributed by atoms with E-state index in [1.54, 1.807) is 18.3 Å². The second-order valence-corrected chi connectivity index (χ2v) is 6.33. The molecule has 0 radical (unpaired) electrons. The molecule has 138 valence electrons. The van der Waals surface area contributed by atoms with Crippen molar-refractivity contribution in [2.24, 2.45) is 0 Å². The van der Waals surface area contributed by atoms with Gasteiger partial charge in [0.05, 0.1) is 5.56 Å². The van der Waals surface area contributed by atoms with Crippen molar-refractivity contribution in [2.75, 3.05) is 49.1 Å². The van der Waals surface area contributed by atoms with Crippen molar-refractivity contribution in [1.82, 2.24) is 9.88 Å². The number of benzene rings is 1. The van der Waals surface area contributed by atoms with E-state index in [1.165, 1.54) is 12.1 Å². The summed E-state index contributed by atoms with van der Waals surface area (Å²) in [7, 11) is 0. The molecule has 2 aromatic rings. The first-order valence-electron chi connectivity index (χ1n) is 9.13. The van der Waals surface area contributed by atoms with Crippen LogP contribution in [0.5, 0.6) is 0 Å². The molecule has 0 N–H and O–H groups in total. The van der Waals surface area contributed by atoms with Gasteiger partial charge >= 0.3 is 0 Å². The molecule has 1 amide bonds. The number of rotatable bonds is 5. The summed E-state index contributed by atoms with van der Waals surface area (Å²) >= 11 is 0. The first-order chi connectivity index (χ1) is 12.6. The Morgan fingerprint density at radius 2 is 1.69 bits per heavy atom. The van der Waals surface area contributed by atoms with Gasteiger partial charge in [-0.05, 0) is 50.2 Å². The first kappa shape index (κ1) is 18.2. The highest BCUT2D eigenvalue weighted by Gasteiger charge is 2.22. The standard InChI is InChI=1S/C20H25FN4O/c1-3-23(4-2)19-10-5-16(15-22-19)20(26)25-13-11-24(12-14-25)18-8-6-17(21)7-9-18/h5-10,15H,3-4,11-14H2,1-2H3. The molecule has 1 fully saturated rings. The maximum atomic E-state index is 13.1. The second kappa shape index (κ2) is 8.17. The van der Waals surface area contributed by atoms with E-state index in [0.717, 1.165) is 37.7 Å². The molecule has 5 nitrogen and oxygen atoms in total. The summed E-state index contributed by atoms with van der Waals surface area (Å²) in [5.74, 6) is 0.679. The van der Waals surface area contributed by atoms with Crippen molar-refractivity contribution in [3.05, 3.63) is 54.0 Å². The molecule has 0 saturated carbocycles. The first-order valence-corrected chi connectivity index (χ1v) is 9.13. The third kappa shape index (κ3) is 3.95. The van der Waals surface area contributed by atoms with Gasteiger partial charge in [-0.2, -0.15) is 0 Å². The fraction of sp³-hybridized carbons (Fsp3) is 0.400. The minimum Gasteiger partial charge on any atom is -0.368 e. The summed E-state index contributed by atoms with van der Waals surface area (Å²) in [5, 5.41) is 0. The molecular formula is C20H25FN4O. The molecule has 1 aliphatic heterocycles. The van der Waals surface area contributed by atoms with Crippen LogP contribution in [-0.4, -0.2) is 55.1 Å². The van der Waals surface area contributed by atoms with Gasteiger partial charge in [0.25, 0.3) is 5.91 Å². The Hall–Kier alpha value is -2.63. The van der Waals surface area contributed by atoms with Gasteiger partial charge in [-0.25, -0.2) is 9.37 Å². The molecule has 3 rings (SSSR count). The SMILES string of the molecule is CCN(CC)c1ccc(C(=O)N2CCN(c3ccc(F)cc3)CC2)cn1. The van der Waals surface area contributed by atoms with Gasteiger partial charge in [-0.15, -0.1) is 0 Å². The van der Waals surface area contributed by atoms with Gasteiger partial charge in [0.1, 0.15) is 11.6 Å². The maximum absolute atomic E-state index is 13.1. The Morgan fingerprint density at radius 3 is 2.23 bits per heavy atom. The number of nitrogens with zero attached hydrogens (tertiary/aromatic N) is 4. The van der Waals surface area contributed by atoms with Crippen LogP contribution in [0, 0.1) is 5.82 Å². The summed E-state index contributed by atoms with van der Waals surface area (Å²) in [6.07, 6.45) is 1.67. The highest BCUT2D eigenvalue weighted by atomic mass is 19.1. The lowest BCUT2D eigenvalue weighted by Crippen LogP contribution is -2.48. The predicted molar refractivity (Wildman–Crippen MR) is 102 cm³/mol. The van der Waals surface area contributed by atoms with Crippen molar-refractivity contribution in [3.8, 4) is 0 Å². The number of anilines is 2. The van der Waals surface area contributed by atoms with Crippen LogP contribution < -0.4 is 9.80 Å². The van der Waals surface area contributed by atoms with Crippen molar-refractivity contribution in [3.63, 3.8) is 0 Å². The normalized spacial score (nSPS) is 14.4. The number of carbonyl (C=O) groups is 1. The topological polar surface area (TPSA) is 39.7 Å². The lowest BCUT2D eigenvalue weighted by Gasteiger charge is -2.36. The van der Waals surface area contributed by atoms with Gasteiger partial charge in [-0.3, -0.25) is 4.79 Å². The van der Waals surface area contributed by atoms with E-state index in [1.807, 2.05) is 17.0 Å². The number of aromatic nitrogens is 1. The molecule has 0 aliphatic carbocycles. The molecule has 0 atom stereocenters. The zero-order valence-corrected chi connectivity index (χ0v) is 15.4. The summed E-state index contributed by atoms with van der Waals surface area (Å²) in [6.45, 7) is 8.73. The Labute approximate surface area is 154 Å². The molecule has 6 heteroatoms. The zero-order valence-electron chi connectivity index (χ0n) is 15.4. The van der Waals surface area contributed by atoms with Crippen LogP contribution in [0.1, 0.15) is 24.2 Å². The molecule has 26 heavy (non-hydrogen) atoms. The van der Waals surface area contributed by atoms with Crippen LogP contribution in [0.2, 0.25) is 0 Å². The van der Waals surface area contributed by atoms with Gasteiger partial charge in [0.15, 0.2) is 0 Å². The van der Waals surface area contributed by atoms with Crippen molar-refractivity contribution < 1.29 is 9.18 Å². The van der Waals surface area contributed by atoms with Crippen LogP contribution in [-0.2, 0) is 0 Å². The lowest BCUT2D eigenvalue weighted by atomic mass is 10.2. The Morgan fingerprint density at radius 1 is 1.04 bits per heavy atom. The van der Waals surface area contributed by atoms with E-state index in [-0.39, 0.29) is 11.7 Å². The third-order valence-electron chi connectivity index (χ3n) is 4.84. The van der Waals surface area contributed by atoms with Crippen LogP contribution in [0.15, 0.2) is 42.6 Å². The quantitative estimate of drug-likeness (QED) is 0.826. The molecule has 0 bridgehead atoms. The molecule has 1 saturated heterocycles. The predicted octanol–water partition coefficient (Wildman–Crippen LogP) is 3.03. The van der Waals surface area contributed by atoms with Crippen LogP contribution >= 0.6 is 0 Å². The summed E-state index contributed by atoms with van der Waals surface area (Å²) in [5.41, 5.74) is 1.61. The average Bonchev–Trinajstić information content (AvgIpc) is 2.70. The molecule has 0 spiro atoms. The van der Waals surface area contributed by atoms with Crippen molar-refractivity contribution >= 4 is 17.4 Å². The lowest BCUT2D eigenvalue weighted by molar-refractivity contribution is 0.0746. The molecule has 0 unspecified atom stereocenters. The highest BCUT2D eigenvalue weighted by Crippen LogP contribution is 2.18. The number of pyridine rings is 1. The monoisotopic (exact) mass is 356 g/mol. The van der Waals surface area contributed by atoms with E-state index in [0.29, 0.717) is 18.7 Å². The minimum atomic E-state index is -0.233. The number of carbonyl (C=O) groups excluding carboxylic acids is 1. The number of amides is 1. The molecular weight excluding hydrogens is 331 g/mol. The van der Waals surface area contributed by atoms with Crippen molar-refractivity contribution in [1.29, 1.82) is 0 Å². The Bertz CT molecular complexity index is 720. The number of halogens is 1. The van der Waals surface area contributed by atoms with E-state index in [9.17, 15) is 9.18 Å². The summed E-state index contributed by atoms with van der Waals surface area (Å²) < 4.78 is 13.1. The molecule has 2 heterocycles. The fourth-order valence-electron chi connectivity index (χ4n) is 3.25. The van der Waals surface area contributed by atoms with Gasteiger partial charge < -0.3 is 14.7 Å². The second-order valence-electron chi connectivity index (χ2n) is 6.33. The smallest absolute Gasteiger partial charge is 0.255 e. The Kier molecular flexibility index (Phi) is 5.71. The van der Waals surface area contributed by atoms with Gasteiger partial charge in [0, 0.05) is 51.2 Å². The number of hydrogen-bond acceptors (Lipinski definition) is 4. The maximum Gasteiger partial charge on any atom is 0.255 e. The van der Waals surface area contributed by atoms with Gasteiger partial charge in [-0.1, -0.05) is 0 Å². The highest BCUT2D eigenvalue weighted by molar-refractivity contribution is 5.94. The van der Waals surface area contributed by atoms with Crippen molar-refractivity contribution in [2.45, 2.75) is 13.8 Å². The largest absolute Gasteiger partial charge is 0.368 e. The average molecular weight is 356 g/mol.